The van der Waals surface area contributed by atoms with Crippen molar-refractivity contribution in [1.29, 1.82) is 0 Å². The van der Waals surface area contributed by atoms with Gasteiger partial charge < -0.3 is 14.8 Å². The number of anilines is 1. The lowest BCUT2D eigenvalue weighted by atomic mass is 10.0. The van der Waals surface area contributed by atoms with E-state index in [0.29, 0.717) is 27.8 Å². The molecule has 10 nitrogen and oxygen atoms in total. The predicted octanol–water partition coefficient (Wildman–Crippen LogP) is 4.29. The molecule has 0 bridgehead atoms. The van der Waals surface area contributed by atoms with Crippen LogP contribution in [0.5, 0.6) is 5.75 Å². The van der Waals surface area contributed by atoms with Crippen molar-refractivity contribution in [3.63, 3.8) is 0 Å². The van der Waals surface area contributed by atoms with Gasteiger partial charge in [0.2, 0.25) is 11.7 Å². The van der Waals surface area contributed by atoms with Crippen LogP contribution in [0.25, 0.3) is 11.6 Å². The van der Waals surface area contributed by atoms with E-state index in [1.54, 1.807) is 55.5 Å². The Labute approximate surface area is 218 Å². The van der Waals surface area contributed by atoms with Crippen LogP contribution < -0.4 is 10.2 Å². The second kappa shape index (κ2) is 10.4. The zero-order chi connectivity index (χ0) is 26.7. The van der Waals surface area contributed by atoms with E-state index in [4.69, 9.17) is 16.0 Å². The van der Waals surface area contributed by atoms with Crippen LogP contribution in [0, 0.1) is 6.92 Å². The van der Waals surface area contributed by atoms with Gasteiger partial charge in [-0.1, -0.05) is 29.8 Å². The van der Waals surface area contributed by atoms with Gasteiger partial charge >= 0.3 is 0 Å². The normalized spacial score (nSPS) is 12.2. The number of tetrazole rings is 1. The zero-order valence-corrected chi connectivity index (χ0v) is 21.6. The fourth-order valence-corrected chi connectivity index (χ4v) is 3.87. The largest absolute Gasteiger partial charge is 0.508 e. The van der Waals surface area contributed by atoms with Crippen molar-refractivity contribution in [2.75, 3.05) is 4.90 Å². The van der Waals surface area contributed by atoms with Crippen molar-refractivity contribution >= 4 is 29.1 Å². The van der Waals surface area contributed by atoms with Crippen LogP contribution in [-0.4, -0.2) is 42.7 Å². The number of amides is 2. The average Bonchev–Trinajstić information content (AvgIpc) is 3.45. The Balaban J connectivity index is 1.75. The van der Waals surface area contributed by atoms with Gasteiger partial charge in [0, 0.05) is 22.3 Å². The highest BCUT2D eigenvalue weighted by atomic mass is 35.5. The summed E-state index contributed by atoms with van der Waals surface area (Å²) < 4.78 is 5.54. The third-order valence-corrected chi connectivity index (χ3v) is 5.51. The number of carbonyl (C=O) groups excluding carboxylic acids is 2. The second-order valence-corrected chi connectivity index (χ2v) is 9.97. The fourth-order valence-electron chi connectivity index (χ4n) is 3.74. The molecule has 11 heteroatoms. The number of furan rings is 1. The van der Waals surface area contributed by atoms with Gasteiger partial charge in [0.05, 0.1) is 0 Å². The maximum Gasteiger partial charge on any atom is 0.251 e. The fraction of sp³-hybridized carbons (Fsp3) is 0.269. The summed E-state index contributed by atoms with van der Waals surface area (Å²) in [6, 6.07) is 15.2. The quantitative estimate of drug-likeness (QED) is 0.370. The third kappa shape index (κ3) is 6.34. The molecule has 0 radical (unpaired) electrons. The third-order valence-electron chi connectivity index (χ3n) is 5.26. The summed E-state index contributed by atoms with van der Waals surface area (Å²) in [5, 5.41) is 25.8. The Morgan fingerprint density at radius 2 is 1.86 bits per heavy atom. The van der Waals surface area contributed by atoms with Crippen molar-refractivity contribution in [1.82, 2.24) is 25.5 Å². The lowest BCUT2D eigenvalue weighted by Gasteiger charge is -2.33. The summed E-state index contributed by atoms with van der Waals surface area (Å²) >= 11 is 6.10. The summed E-state index contributed by atoms with van der Waals surface area (Å²) in [6.45, 7) is 7.02. The molecule has 0 fully saturated rings. The van der Waals surface area contributed by atoms with Gasteiger partial charge in [0.25, 0.3) is 5.91 Å². The van der Waals surface area contributed by atoms with Crippen molar-refractivity contribution in [3.05, 3.63) is 77.0 Å². The van der Waals surface area contributed by atoms with E-state index in [0.717, 1.165) is 4.80 Å². The number of carbonyl (C=O) groups is 2. The second-order valence-electron chi connectivity index (χ2n) is 9.53. The van der Waals surface area contributed by atoms with Gasteiger partial charge in [-0.2, -0.15) is 4.80 Å². The maximum atomic E-state index is 13.8. The molecule has 1 atom stereocenters. The molecule has 2 heterocycles. The minimum Gasteiger partial charge on any atom is -0.508 e. The molecule has 0 aliphatic carbocycles. The number of hydrogen-bond donors (Lipinski definition) is 2. The smallest absolute Gasteiger partial charge is 0.251 e. The molecule has 0 aliphatic rings. The van der Waals surface area contributed by atoms with E-state index in [1.165, 1.54) is 17.0 Å². The van der Waals surface area contributed by atoms with Gasteiger partial charge in [0.1, 0.15) is 24.1 Å². The molecule has 4 rings (SSSR count). The SMILES string of the molecule is Cc1ccc(-c2nnn(CC(=O)N(c3cccc(O)c3)C(C(=O)NC(C)(C)C)c3ccc(Cl)cc3)n2)o1. The molecule has 2 amide bonds. The molecule has 192 valence electrons. The minimum atomic E-state index is -1.08. The Hall–Kier alpha value is -4.18. The molecule has 2 aromatic heterocycles. The first-order valence-electron chi connectivity index (χ1n) is 11.5. The van der Waals surface area contributed by atoms with E-state index >= 15 is 0 Å². The van der Waals surface area contributed by atoms with Crippen LogP contribution in [0.1, 0.15) is 38.1 Å². The highest BCUT2D eigenvalue weighted by Gasteiger charge is 2.35. The minimum absolute atomic E-state index is 0.0595. The topological polar surface area (TPSA) is 126 Å². The number of aromatic nitrogens is 4. The molecular formula is C26H27ClN6O4. The molecular weight excluding hydrogens is 496 g/mol. The maximum absolute atomic E-state index is 13.8. The molecule has 2 aromatic carbocycles. The van der Waals surface area contributed by atoms with Gasteiger partial charge in [-0.15, -0.1) is 10.2 Å². The first-order chi connectivity index (χ1) is 17.5. The van der Waals surface area contributed by atoms with Crippen LogP contribution in [0.4, 0.5) is 5.69 Å². The predicted molar refractivity (Wildman–Crippen MR) is 138 cm³/mol. The van der Waals surface area contributed by atoms with Crippen LogP contribution >= 0.6 is 11.6 Å². The molecule has 2 N–H and O–H groups in total. The Morgan fingerprint density at radius 1 is 1.14 bits per heavy atom. The van der Waals surface area contributed by atoms with E-state index in [-0.39, 0.29) is 18.1 Å². The standard InChI is InChI=1S/C26H27ClN6O4/c1-16-8-13-21(37-16)24-29-31-32(30-24)15-22(35)33(19-6-5-7-20(34)14-19)23(25(36)28-26(2,3)4)17-9-11-18(27)12-10-17/h5-14,23,34H,15H2,1-4H3,(H,28,36). The Bertz CT molecular complexity index is 1410. The van der Waals surface area contributed by atoms with E-state index < -0.39 is 23.4 Å². The summed E-state index contributed by atoms with van der Waals surface area (Å²) in [7, 11) is 0. The average molecular weight is 523 g/mol. The summed E-state index contributed by atoms with van der Waals surface area (Å²) in [5.41, 5.74) is 0.274. The number of phenolic OH excluding ortho intramolecular Hbond substituents is 1. The summed E-state index contributed by atoms with van der Waals surface area (Å²) in [4.78, 5) is 29.9. The summed E-state index contributed by atoms with van der Waals surface area (Å²) in [5.74, 6) is 0.358. The molecule has 0 saturated carbocycles. The number of hydrogen-bond acceptors (Lipinski definition) is 7. The highest BCUT2D eigenvalue weighted by Crippen LogP contribution is 2.31. The molecule has 0 aliphatic heterocycles. The van der Waals surface area contributed by atoms with Crippen molar-refractivity contribution < 1.29 is 19.1 Å². The van der Waals surface area contributed by atoms with Crippen molar-refractivity contribution in [2.24, 2.45) is 0 Å². The molecule has 1 unspecified atom stereocenters. The van der Waals surface area contributed by atoms with Crippen molar-refractivity contribution in [2.45, 2.75) is 45.8 Å². The van der Waals surface area contributed by atoms with Crippen LogP contribution in [0.15, 0.2) is 65.1 Å². The first kappa shape index (κ1) is 25.9. The van der Waals surface area contributed by atoms with Gasteiger partial charge in [-0.05, 0) is 74.9 Å². The summed E-state index contributed by atoms with van der Waals surface area (Å²) in [6.07, 6.45) is 0. The Kier molecular flexibility index (Phi) is 7.30. The first-order valence-corrected chi connectivity index (χ1v) is 11.9. The molecule has 37 heavy (non-hydrogen) atoms. The number of nitrogens with zero attached hydrogens (tertiary/aromatic N) is 5. The molecule has 0 spiro atoms. The number of halogens is 1. The van der Waals surface area contributed by atoms with Crippen LogP contribution in [0.2, 0.25) is 5.02 Å². The van der Waals surface area contributed by atoms with Crippen LogP contribution in [0.3, 0.4) is 0 Å². The lowest BCUT2D eigenvalue weighted by Crippen LogP contribution is -2.50. The number of nitrogens with one attached hydrogen (secondary N) is 1. The number of aromatic hydroxyl groups is 1. The van der Waals surface area contributed by atoms with Gasteiger partial charge in [0.15, 0.2) is 5.76 Å². The van der Waals surface area contributed by atoms with Gasteiger partial charge in [-0.3, -0.25) is 14.5 Å². The lowest BCUT2D eigenvalue weighted by molar-refractivity contribution is -0.128. The van der Waals surface area contributed by atoms with E-state index in [9.17, 15) is 14.7 Å². The van der Waals surface area contributed by atoms with Gasteiger partial charge in [-0.25, -0.2) is 0 Å². The van der Waals surface area contributed by atoms with Crippen molar-refractivity contribution in [3.8, 4) is 17.3 Å². The number of benzene rings is 2. The highest BCUT2D eigenvalue weighted by molar-refractivity contribution is 6.30. The van der Waals surface area contributed by atoms with E-state index in [1.807, 2.05) is 20.8 Å². The molecule has 0 saturated heterocycles. The zero-order valence-electron chi connectivity index (χ0n) is 20.8. The Morgan fingerprint density at radius 3 is 2.49 bits per heavy atom. The molecule has 4 aromatic rings. The monoisotopic (exact) mass is 522 g/mol. The van der Waals surface area contributed by atoms with Crippen LogP contribution in [-0.2, 0) is 16.1 Å². The number of phenols is 1. The number of aryl methyl sites for hydroxylation is 1. The number of rotatable bonds is 7. The van der Waals surface area contributed by atoms with E-state index in [2.05, 4.69) is 20.7 Å².